The third kappa shape index (κ3) is 3.24. The molecule has 6 heteroatoms. The van der Waals surface area contributed by atoms with E-state index in [9.17, 15) is 9.59 Å². The van der Waals surface area contributed by atoms with Crippen molar-refractivity contribution in [2.45, 2.75) is 64.8 Å². The summed E-state index contributed by atoms with van der Waals surface area (Å²) in [5.41, 5.74) is 0.683. The Morgan fingerprint density at radius 3 is 2.46 bits per heavy atom. The molecule has 0 saturated heterocycles. The fraction of sp³-hybridized carbons (Fsp3) is 0.611. The van der Waals surface area contributed by atoms with Crippen LogP contribution in [0.15, 0.2) is 4.79 Å². The topological polar surface area (TPSA) is 64.0 Å². The fourth-order valence-corrected chi connectivity index (χ4v) is 4.55. The summed E-state index contributed by atoms with van der Waals surface area (Å²) in [5, 5.41) is 3.77. The monoisotopic (exact) mass is 347 g/mol. The zero-order valence-electron chi connectivity index (χ0n) is 14.6. The first-order valence-electron chi connectivity index (χ1n) is 8.76. The van der Waals surface area contributed by atoms with E-state index >= 15 is 0 Å². The van der Waals surface area contributed by atoms with Crippen molar-refractivity contribution >= 4 is 27.5 Å². The first kappa shape index (κ1) is 17.1. The third-order valence-corrected chi connectivity index (χ3v) is 6.23. The number of hydrogen-bond acceptors (Lipinski definition) is 4. The molecule has 2 aromatic heterocycles. The Kier molecular flexibility index (Phi) is 5.04. The second kappa shape index (κ2) is 7.05. The number of hydrogen-bond donors (Lipinski definition) is 1. The van der Waals surface area contributed by atoms with Crippen molar-refractivity contribution in [3.05, 3.63) is 26.6 Å². The van der Waals surface area contributed by atoms with Gasteiger partial charge in [0.2, 0.25) is 0 Å². The normalized spacial score (nSPS) is 16.8. The Hall–Kier alpha value is -1.69. The van der Waals surface area contributed by atoms with Crippen LogP contribution in [0.3, 0.4) is 0 Å². The molecular weight excluding hydrogens is 322 g/mol. The summed E-state index contributed by atoms with van der Waals surface area (Å²) >= 11 is 1.33. The van der Waals surface area contributed by atoms with Crippen molar-refractivity contribution in [2.24, 2.45) is 7.05 Å². The molecule has 1 fully saturated rings. The van der Waals surface area contributed by atoms with Gasteiger partial charge >= 0.3 is 0 Å². The molecule has 2 aromatic rings. The van der Waals surface area contributed by atoms with Gasteiger partial charge in [0.25, 0.3) is 11.5 Å². The molecule has 0 aliphatic heterocycles. The first-order valence-corrected chi connectivity index (χ1v) is 9.58. The van der Waals surface area contributed by atoms with Crippen LogP contribution in [0.4, 0.5) is 0 Å². The maximum Gasteiger partial charge on any atom is 0.262 e. The number of nitrogens with one attached hydrogen (secondary N) is 1. The van der Waals surface area contributed by atoms with Crippen LogP contribution in [0.5, 0.6) is 0 Å². The van der Waals surface area contributed by atoms with Gasteiger partial charge in [0.15, 0.2) is 0 Å². The van der Waals surface area contributed by atoms with Gasteiger partial charge in [-0.05, 0) is 32.3 Å². The van der Waals surface area contributed by atoms with E-state index in [4.69, 9.17) is 0 Å². The predicted octanol–water partition coefficient (Wildman–Crippen LogP) is 3.45. The van der Waals surface area contributed by atoms with Crippen molar-refractivity contribution in [2.75, 3.05) is 0 Å². The van der Waals surface area contributed by atoms with Crippen molar-refractivity contribution in [3.8, 4) is 0 Å². The summed E-state index contributed by atoms with van der Waals surface area (Å²) in [6.07, 6.45) is 8.28. The van der Waals surface area contributed by atoms with Crippen molar-refractivity contribution in [3.63, 3.8) is 0 Å². The Morgan fingerprint density at radius 1 is 1.17 bits per heavy atom. The number of rotatable bonds is 2. The maximum absolute atomic E-state index is 12.7. The average molecular weight is 347 g/mol. The summed E-state index contributed by atoms with van der Waals surface area (Å²) in [6.45, 7) is 3.66. The van der Waals surface area contributed by atoms with Crippen LogP contribution in [0.2, 0.25) is 0 Å². The molecule has 0 atom stereocenters. The van der Waals surface area contributed by atoms with E-state index in [1.54, 1.807) is 11.6 Å². The molecule has 24 heavy (non-hydrogen) atoms. The number of carbonyl (C=O) groups is 1. The van der Waals surface area contributed by atoms with E-state index in [1.807, 2.05) is 13.8 Å². The van der Waals surface area contributed by atoms with E-state index in [1.165, 1.54) is 43.4 Å². The quantitative estimate of drug-likeness (QED) is 0.905. The molecule has 1 aliphatic rings. The van der Waals surface area contributed by atoms with Crippen molar-refractivity contribution in [1.82, 2.24) is 14.9 Å². The molecule has 0 spiro atoms. The highest BCUT2D eigenvalue weighted by Gasteiger charge is 2.22. The Morgan fingerprint density at radius 2 is 1.79 bits per heavy atom. The molecule has 3 rings (SSSR count). The summed E-state index contributed by atoms with van der Waals surface area (Å²) in [7, 11) is 1.72. The van der Waals surface area contributed by atoms with E-state index in [-0.39, 0.29) is 17.5 Å². The summed E-state index contributed by atoms with van der Waals surface area (Å²) in [6, 6.07) is 0.250. The van der Waals surface area contributed by atoms with Gasteiger partial charge in [-0.2, -0.15) is 0 Å². The third-order valence-electron chi connectivity index (χ3n) is 5.04. The second-order valence-corrected chi connectivity index (χ2v) is 7.77. The van der Waals surface area contributed by atoms with Crippen LogP contribution < -0.4 is 10.9 Å². The van der Waals surface area contributed by atoms with Gasteiger partial charge in [-0.1, -0.05) is 32.1 Å². The lowest BCUT2D eigenvalue weighted by Gasteiger charge is -2.20. The molecule has 0 unspecified atom stereocenters. The number of fused-ring (bicyclic) bond motifs is 1. The zero-order chi connectivity index (χ0) is 17.3. The van der Waals surface area contributed by atoms with Gasteiger partial charge in [-0.15, -0.1) is 11.3 Å². The number of aryl methyl sites for hydroxylation is 2. The van der Waals surface area contributed by atoms with Crippen LogP contribution in [0.25, 0.3) is 10.2 Å². The van der Waals surface area contributed by atoms with E-state index in [0.29, 0.717) is 20.9 Å². The number of amides is 1. The minimum absolute atomic E-state index is 0.0548. The molecule has 0 bridgehead atoms. The van der Waals surface area contributed by atoms with Crippen LogP contribution in [0, 0.1) is 13.8 Å². The zero-order valence-corrected chi connectivity index (χ0v) is 15.5. The molecule has 1 aliphatic carbocycles. The van der Waals surface area contributed by atoms with Crippen molar-refractivity contribution < 1.29 is 4.79 Å². The molecule has 1 N–H and O–H groups in total. The molecule has 0 aromatic carbocycles. The van der Waals surface area contributed by atoms with Gasteiger partial charge < -0.3 is 5.32 Å². The molecule has 2 heterocycles. The minimum Gasteiger partial charge on any atom is -0.349 e. The fourth-order valence-electron chi connectivity index (χ4n) is 3.43. The van der Waals surface area contributed by atoms with Crippen molar-refractivity contribution in [1.29, 1.82) is 0 Å². The van der Waals surface area contributed by atoms with E-state index < -0.39 is 0 Å². The van der Waals surface area contributed by atoms with Crippen LogP contribution >= 0.6 is 11.3 Å². The molecule has 130 valence electrons. The van der Waals surface area contributed by atoms with E-state index in [0.717, 1.165) is 18.4 Å². The molecule has 1 saturated carbocycles. The Labute approximate surface area is 146 Å². The standard InChI is InChI=1S/C18H25N3O2S/c1-11-14-17(19-12(2)21(3)18(14)23)24-15(11)16(22)20-13-9-7-5-4-6-8-10-13/h13H,4-10H2,1-3H3,(H,20,22). The lowest BCUT2D eigenvalue weighted by Crippen LogP contribution is -2.35. The van der Waals surface area contributed by atoms with Gasteiger partial charge in [-0.3, -0.25) is 14.2 Å². The lowest BCUT2D eigenvalue weighted by molar-refractivity contribution is 0.0934. The number of carbonyl (C=O) groups excluding carboxylic acids is 1. The molecule has 5 nitrogen and oxygen atoms in total. The Balaban J connectivity index is 1.88. The summed E-state index contributed by atoms with van der Waals surface area (Å²) in [4.78, 5) is 31.0. The van der Waals surface area contributed by atoms with Crippen LogP contribution in [-0.2, 0) is 7.05 Å². The summed E-state index contributed by atoms with van der Waals surface area (Å²) < 4.78 is 1.54. The van der Waals surface area contributed by atoms with Gasteiger partial charge in [0, 0.05) is 13.1 Å². The Bertz CT molecular complexity index is 814. The first-order chi connectivity index (χ1) is 11.5. The molecule has 1 amide bonds. The molecular formula is C18H25N3O2S. The maximum atomic E-state index is 12.7. The largest absolute Gasteiger partial charge is 0.349 e. The van der Waals surface area contributed by atoms with Crippen LogP contribution in [0.1, 0.15) is 66.0 Å². The number of nitrogens with zero attached hydrogens (tertiary/aromatic N) is 2. The second-order valence-electron chi connectivity index (χ2n) is 6.78. The summed E-state index contributed by atoms with van der Waals surface area (Å²) in [5.74, 6) is 0.613. The highest BCUT2D eigenvalue weighted by molar-refractivity contribution is 7.20. The lowest BCUT2D eigenvalue weighted by atomic mass is 9.96. The number of thiophene rings is 1. The SMILES string of the molecule is Cc1c(C(=O)NC2CCCCCCC2)sc2nc(C)n(C)c(=O)c12. The van der Waals surface area contributed by atoms with E-state index in [2.05, 4.69) is 10.3 Å². The smallest absolute Gasteiger partial charge is 0.262 e. The minimum atomic E-state index is -0.0729. The van der Waals surface area contributed by atoms with Crippen LogP contribution in [-0.4, -0.2) is 21.5 Å². The average Bonchev–Trinajstić information content (AvgIpc) is 2.84. The molecule has 0 radical (unpaired) electrons. The highest BCUT2D eigenvalue weighted by Crippen LogP contribution is 2.27. The number of aromatic nitrogens is 2. The van der Waals surface area contributed by atoms with Gasteiger partial charge in [-0.25, -0.2) is 4.98 Å². The highest BCUT2D eigenvalue weighted by atomic mass is 32.1. The van der Waals surface area contributed by atoms with Gasteiger partial charge in [0.1, 0.15) is 10.7 Å². The van der Waals surface area contributed by atoms with Gasteiger partial charge in [0.05, 0.1) is 10.3 Å². The predicted molar refractivity (Wildman–Crippen MR) is 97.9 cm³/mol.